The van der Waals surface area contributed by atoms with Crippen LogP contribution in [0.5, 0.6) is 0 Å². The smallest absolute Gasteiger partial charge is 0.354 e. The van der Waals surface area contributed by atoms with Crippen LogP contribution in [0.3, 0.4) is 0 Å². The van der Waals surface area contributed by atoms with E-state index in [1.807, 2.05) is 0 Å². The molecule has 1 aromatic heterocycles. The number of carbonyl (C=O) groups is 1. The van der Waals surface area contributed by atoms with Crippen molar-refractivity contribution in [2.24, 2.45) is 0 Å². The Kier molecular flexibility index (Phi) is 3.54. The first kappa shape index (κ1) is 14.1. The molecule has 2 rings (SSSR count). The average molecular weight is 294 g/mol. The number of benzene rings is 1. The van der Waals surface area contributed by atoms with Gasteiger partial charge in [-0.05, 0) is 31.5 Å². The SMILES string of the molecule is Cc1cc(NS(=O)(=O)c2ccccc2C)c(C(=O)O)[nH]1. The zero-order valence-corrected chi connectivity index (χ0v) is 11.8. The summed E-state index contributed by atoms with van der Waals surface area (Å²) in [7, 11) is -3.82. The van der Waals surface area contributed by atoms with Crippen molar-refractivity contribution >= 4 is 21.7 Å². The van der Waals surface area contributed by atoms with Gasteiger partial charge in [0.15, 0.2) is 0 Å². The molecule has 1 aromatic carbocycles. The van der Waals surface area contributed by atoms with Gasteiger partial charge in [0.05, 0.1) is 10.6 Å². The molecule has 0 spiro atoms. The standard InChI is InChI=1S/C13H14N2O4S/c1-8-5-3-4-6-11(8)20(18,19)15-10-7-9(2)14-12(10)13(16)17/h3-7,14-15H,1-2H3,(H,16,17). The normalized spacial score (nSPS) is 11.3. The summed E-state index contributed by atoms with van der Waals surface area (Å²) < 4.78 is 26.9. The number of carboxylic acids is 1. The van der Waals surface area contributed by atoms with Crippen LogP contribution in [-0.4, -0.2) is 24.5 Å². The van der Waals surface area contributed by atoms with Gasteiger partial charge in [0.1, 0.15) is 5.69 Å². The average Bonchev–Trinajstić information content (AvgIpc) is 2.70. The number of aromatic amines is 1. The highest BCUT2D eigenvalue weighted by Gasteiger charge is 2.21. The van der Waals surface area contributed by atoms with Gasteiger partial charge in [-0.25, -0.2) is 13.2 Å². The maximum Gasteiger partial charge on any atom is 0.354 e. The molecule has 0 radical (unpaired) electrons. The van der Waals surface area contributed by atoms with Crippen LogP contribution in [0.25, 0.3) is 0 Å². The van der Waals surface area contributed by atoms with Crippen molar-refractivity contribution in [1.82, 2.24) is 4.98 Å². The first-order valence-electron chi connectivity index (χ1n) is 5.82. The van der Waals surface area contributed by atoms with E-state index in [1.165, 1.54) is 12.1 Å². The van der Waals surface area contributed by atoms with Crippen LogP contribution in [0.2, 0.25) is 0 Å². The second-order valence-corrected chi connectivity index (χ2v) is 6.07. The van der Waals surface area contributed by atoms with Gasteiger partial charge in [-0.2, -0.15) is 0 Å². The highest BCUT2D eigenvalue weighted by Crippen LogP contribution is 2.22. The molecule has 6 nitrogen and oxygen atoms in total. The first-order chi connectivity index (χ1) is 9.31. The zero-order chi connectivity index (χ0) is 14.9. The second kappa shape index (κ2) is 5.01. The summed E-state index contributed by atoms with van der Waals surface area (Å²) in [5, 5.41) is 9.03. The van der Waals surface area contributed by atoms with Gasteiger partial charge in [-0.3, -0.25) is 4.72 Å². The molecule has 106 valence electrons. The number of H-pyrrole nitrogens is 1. The Morgan fingerprint density at radius 3 is 2.50 bits per heavy atom. The van der Waals surface area contributed by atoms with E-state index in [9.17, 15) is 13.2 Å². The predicted molar refractivity (Wildman–Crippen MR) is 74.5 cm³/mol. The Bertz CT molecular complexity index is 762. The van der Waals surface area contributed by atoms with Crippen LogP contribution in [0.1, 0.15) is 21.7 Å². The third-order valence-electron chi connectivity index (χ3n) is 2.79. The molecule has 0 amide bonds. The summed E-state index contributed by atoms with van der Waals surface area (Å²) in [5.41, 5.74) is 0.993. The number of hydrogen-bond donors (Lipinski definition) is 3. The van der Waals surface area contributed by atoms with E-state index in [0.29, 0.717) is 11.3 Å². The minimum Gasteiger partial charge on any atom is -0.477 e. The Labute approximate surface area is 116 Å². The number of aromatic carboxylic acids is 1. The van der Waals surface area contributed by atoms with Crippen LogP contribution < -0.4 is 4.72 Å². The molecular weight excluding hydrogens is 280 g/mol. The lowest BCUT2D eigenvalue weighted by molar-refractivity contribution is 0.0692. The third kappa shape index (κ3) is 2.67. The lowest BCUT2D eigenvalue weighted by Gasteiger charge is -2.09. The van der Waals surface area contributed by atoms with Gasteiger partial charge in [-0.1, -0.05) is 18.2 Å². The summed E-state index contributed by atoms with van der Waals surface area (Å²) in [6, 6.07) is 7.94. The third-order valence-corrected chi connectivity index (χ3v) is 4.32. The number of nitrogens with one attached hydrogen (secondary N) is 2. The summed E-state index contributed by atoms with van der Waals surface area (Å²) >= 11 is 0. The van der Waals surface area contributed by atoms with Crippen molar-refractivity contribution in [3.05, 3.63) is 47.3 Å². The number of rotatable bonds is 4. The minimum atomic E-state index is -3.82. The molecule has 7 heteroatoms. The van der Waals surface area contributed by atoms with E-state index in [2.05, 4.69) is 9.71 Å². The van der Waals surface area contributed by atoms with Gasteiger partial charge in [-0.15, -0.1) is 0 Å². The Hall–Kier alpha value is -2.28. The van der Waals surface area contributed by atoms with E-state index in [-0.39, 0.29) is 16.3 Å². The summed E-state index contributed by atoms with van der Waals surface area (Å²) in [6.45, 7) is 3.33. The fraction of sp³-hybridized carbons (Fsp3) is 0.154. The number of sulfonamides is 1. The number of anilines is 1. The fourth-order valence-electron chi connectivity index (χ4n) is 1.90. The summed E-state index contributed by atoms with van der Waals surface area (Å²) in [5.74, 6) is -1.22. The monoisotopic (exact) mass is 294 g/mol. The number of carboxylic acid groups (broad SMARTS) is 1. The Morgan fingerprint density at radius 2 is 1.90 bits per heavy atom. The van der Waals surface area contributed by atoms with Gasteiger partial charge in [0, 0.05) is 5.69 Å². The predicted octanol–water partition coefficient (Wildman–Crippen LogP) is 2.13. The molecule has 0 bridgehead atoms. The molecule has 3 N–H and O–H groups in total. The summed E-state index contributed by atoms with van der Waals surface area (Å²) in [4.78, 5) is 13.8. The van der Waals surface area contributed by atoms with Crippen molar-refractivity contribution in [3.63, 3.8) is 0 Å². The van der Waals surface area contributed by atoms with Gasteiger partial charge in [0.2, 0.25) is 0 Å². The highest BCUT2D eigenvalue weighted by atomic mass is 32.2. The maximum atomic E-state index is 12.3. The van der Waals surface area contributed by atoms with Gasteiger partial charge < -0.3 is 10.1 Å². The summed E-state index contributed by atoms with van der Waals surface area (Å²) in [6.07, 6.45) is 0. The molecule has 1 heterocycles. The van der Waals surface area contributed by atoms with Crippen LogP contribution in [-0.2, 0) is 10.0 Å². The fourth-order valence-corrected chi connectivity index (χ4v) is 3.21. The van der Waals surface area contributed by atoms with Crippen molar-refractivity contribution in [1.29, 1.82) is 0 Å². The molecule has 0 aliphatic carbocycles. The van der Waals surface area contributed by atoms with E-state index in [4.69, 9.17) is 5.11 Å². The zero-order valence-electron chi connectivity index (χ0n) is 11.0. The Morgan fingerprint density at radius 1 is 1.25 bits per heavy atom. The Balaban J connectivity index is 2.44. The van der Waals surface area contributed by atoms with Crippen LogP contribution in [0.15, 0.2) is 35.2 Å². The second-order valence-electron chi connectivity index (χ2n) is 4.42. The van der Waals surface area contributed by atoms with Gasteiger partial charge >= 0.3 is 5.97 Å². The van der Waals surface area contributed by atoms with E-state index >= 15 is 0 Å². The van der Waals surface area contributed by atoms with Crippen molar-refractivity contribution in [2.45, 2.75) is 18.7 Å². The molecule has 0 unspecified atom stereocenters. The van der Waals surface area contributed by atoms with E-state index in [0.717, 1.165) is 0 Å². The number of aromatic nitrogens is 1. The van der Waals surface area contributed by atoms with Crippen molar-refractivity contribution < 1.29 is 18.3 Å². The number of aryl methyl sites for hydroxylation is 2. The molecule has 0 fully saturated rings. The molecular formula is C13H14N2O4S. The van der Waals surface area contributed by atoms with Crippen LogP contribution in [0, 0.1) is 13.8 Å². The van der Waals surface area contributed by atoms with Crippen molar-refractivity contribution in [3.8, 4) is 0 Å². The van der Waals surface area contributed by atoms with Crippen LogP contribution >= 0.6 is 0 Å². The first-order valence-corrected chi connectivity index (χ1v) is 7.31. The highest BCUT2D eigenvalue weighted by molar-refractivity contribution is 7.92. The molecule has 20 heavy (non-hydrogen) atoms. The molecule has 0 aliphatic rings. The van der Waals surface area contributed by atoms with E-state index in [1.54, 1.807) is 32.0 Å². The largest absolute Gasteiger partial charge is 0.477 e. The van der Waals surface area contributed by atoms with E-state index < -0.39 is 16.0 Å². The molecule has 0 saturated heterocycles. The molecule has 0 aliphatic heterocycles. The van der Waals surface area contributed by atoms with Gasteiger partial charge in [0.25, 0.3) is 10.0 Å². The minimum absolute atomic E-state index is 0.0262. The molecule has 0 atom stereocenters. The van der Waals surface area contributed by atoms with Crippen LogP contribution in [0.4, 0.5) is 5.69 Å². The molecule has 2 aromatic rings. The number of hydrogen-bond acceptors (Lipinski definition) is 3. The topological polar surface area (TPSA) is 99.3 Å². The quantitative estimate of drug-likeness (QED) is 0.804. The maximum absolute atomic E-state index is 12.3. The van der Waals surface area contributed by atoms with Crippen molar-refractivity contribution in [2.75, 3.05) is 4.72 Å². The lowest BCUT2D eigenvalue weighted by Crippen LogP contribution is -2.15. The molecule has 0 saturated carbocycles. The lowest BCUT2D eigenvalue weighted by atomic mass is 10.2.